The van der Waals surface area contributed by atoms with Crippen LogP contribution in [0.25, 0.3) is 0 Å². The normalized spacial score (nSPS) is 14.1. The first-order chi connectivity index (χ1) is 15.7. The molecule has 2 aromatic heterocycles. The Hall–Kier alpha value is -3.74. The van der Waals surface area contributed by atoms with E-state index < -0.39 is 0 Å². The van der Waals surface area contributed by atoms with Crippen LogP contribution >= 0.6 is 0 Å². The average Bonchev–Trinajstić information content (AvgIpc) is 2.87. The number of benzene rings is 1. The molecule has 0 radical (unpaired) electrons. The zero-order valence-electron chi connectivity index (χ0n) is 17.8. The maximum absolute atomic E-state index is 12.9. The van der Waals surface area contributed by atoms with E-state index >= 15 is 0 Å². The number of carbonyl (C=O) groups excluding carboxylic acids is 2. The summed E-state index contributed by atoms with van der Waals surface area (Å²) in [7, 11) is 0. The molecular weight excluding hydrogens is 404 g/mol. The Bertz CT molecular complexity index is 1040. The monoisotopic (exact) mass is 430 g/mol. The van der Waals surface area contributed by atoms with Gasteiger partial charge in [0.25, 0.3) is 5.91 Å². The zero-order valence-corrected chi connectivity index (χ0v) is 17.8. The van der Waals surface area contributed by atoms with Gasteiger partial charge >= 0.3 is 0 Å². The number of likely N-dealkylation sites (tertiary alicyclic amines) is 1. The Labute approximate surface area is 187 Å². The molecule has 0 atom stereocenters. The molecule has 3 aromatic rings. The fourth-order valence-electron chi connectivity index (χ4n) is 3.72. The largest absolute Gasteiger partial charge is 0.473 e. The third-order valence-corrected chi connectivity index (χ3v) is 5.55. The van der Waals surface area contributed by atoms with Crippen LogP contribution < -0.4 is 10.1 Å². The molecule has 7 nitrogen and oxygen atoms in total. The first-order valence-corrected chi connectivity index (χ1v) is 10.8. The maximum Gasteiger partial charge on any atom is 0.254 e. The number of hydrogen-bond donors (Lipinski definition) is 1. The SMILES string of the molecule is O=C(NCc1cccnc1)C1CCN(C(=O)c2ccnc(OCc3ccccc3)c2)CC1. The van der Waals surface area contributed by atoms with Crippen LogP contribution in [-0.4, -0.2) is 39.8 Å². The van der Waals surface area contributed by atoms with Crippen molar-refractivity contribution in [3.05, 3.63) is 89.9 Å². The fraction of sp³-hybridized carbons (Fsp3) is 0.280. The van der Waals surface area contributed by atoms with Gasteiger partial charge in [-0.25, -0.2) is 4.98 Å². The molecule has 2 amide bonds. The molecule has 0 spiro atoms. The molecule has 0 unspecified atom stereocenters. The standard InChI is InChI=1S/C25H26N4O3/c30-24(28-17-20-7-4-11-26-16-20)21-9-13-29(14-10-21)25(31)22-8-12-27-23(15-22)32-18-19-5-2-1-3-6-19/h1-8,11-12,15-16,21H,9-10,13-14,17-18H2,(H,28,30). The van der Waals surface area contributed by atoms with E-state index in [9.17, 15) is 9.59 Å². The summed E-state index contributed by atoms with van der Waals surface area (Å²) >= 11 is 0. The molecule has 1 saturated heterocycles. The van der Waals surface area contributed by atoms with E-state index in [2.05, 4.69) is 15.3 Å². The molecule has 1 aromatic carbocycles. The predicted molar refractivity (Wildman–Crippen MR) is 120 cm³/mol. The van der Waals surface area contributed by atoms with Crippen molar-refractivity contribution in [3.63, 3.8) is 0 Å². The van der Waals surface area contributed by atoms with Crippen molar-refractivity contribution in [1.82, 2.24) is 20.2 Å². The lowest BCUT2D eigenvalue weighted by molar-refractivity contribution is -0.126. The third-order valence-electron chi connectivity index (χ3n) is 5.55. The van der Waals surface area contributed by atoms with Gasteiger partial charge < -0.3 is 15.0 Å². The fourth-order valence-corrected chi connectivity index (χ4v) is 3.72. The topological polar surface area (TPSA) is 84.4 Å². The summed E-state index contributed by atoms with van der Waals surface area (Å²) in [4.78, 5) is 35.5. The Kier molecular flexibility index (Phi) is 7.07. The summed E-state index contributed by atoms with van der Waals surface area (Å²) in [5.41, 5.74) is 2.55. The van der Waals surface area contributed by atoms with Gasteiger partial charge in [-0.3, -0.25) is 14.6 Å². The van der Waals surface area contributed by atoms with E-state index in [1.54, 1.807) is 35.6 Å². The van der Waals surface area contributed by atoms with Crippen molar-refractivity contribution in [3.8, 4) is 5.88 Å². The van der Waals surface area contributed by atoms with Crippen LogP contribution in [0.15, 0.2) is 73.2 Å². The summed E-state index contributed by atoms with van der Waals surface area (Å²) in [6.45, 7) is 1.96. The molecule has 164 valence electrons. The van der Waals surface area contributed by atoms with Crippen LogP contribution in [0.2, 0.25) is 0 Å². The average molecular weight is 431 g/mol. The second kappa shape index (κ2) is 10.5. The molecule has 32 heavy (non-hydrogen) atoms. The maximum atomic E-state index is 12.9. The minimum atomic E-state index is -0.0853. The zero-order chi connectivity index (χ0) is 22.2. The molecule has 0 saturated carbocycles. The van der Waals surface area contributed by atoms with Gasteiger partial charge in [-0.05, 0) is 36.1 Å². The molecule has 4 rings (SSSR count). The summed E-state index contributed by atoms with van der Waals surface area (Å²) in [6.07, 6.45) is 6.33. The lowest BCUT2D eigenvalue weighted by Gasteiger charge is -2.31. The van der Waals surface area contributed by atoms with Crippen molar-refractivity contribution >= 4 is 11.8 Å². The minimum absolute atomic E-state index is 0.0291. The first-order valence-electron chi connectivity index (χ1n) is 10.8. The molecule has 1 fully saturated rings. The highest BCUT2D eigenvalue weighted by atomic mass is 16.5. The number of ether oxygens (including phenoxy) is 1. The smallest absolute Gasteiger partial charge is 0.254 e. The van der Waals surface area contributed by atoms with Gasteiger partial charge in [0.2, 0.25) is 11.8 Å². The Morgan fingerprint density at radius 3 is 2.53 bits per heavy atom. The molecule has 1 aliphatic rings. The number of aromatic nitrogens is 2. The van der Waals surface area contributed by atoms with Gasteiger partial charge in [0, 0.05) is 55.8 Å². The number of nitrogens with zero attached hydrogens (tertiary/aromatic N) is 3. The minimum Gasteiger partial charge on any atom is -0.473 e. The van der Waals surface area contributed by atoms with Crippen LogP contribution in [0.3, 0.4) is 0 Å². The van der Waals surface area contributed by atoms with Crippen LogP contribution in [0.5, 0.6) is 5.88 Å². The molecule has 1 aliphatic heterocycles. The highest BCUT2D eigenvalue weighted by molar-refractivity contribution is 5.94. The number of amides is 2. The van der Waals surface area contributed by atoms with Gasteiger partial charge in [-0.15, -0.1) is 0 Å². The summed E-state index contributed by atoms with van der Waals surface area (Å²) in [6, 6.07) is 17.0. The molecule has 3 heterocycles. The number of pyridine rings is 2. The van der Waals surface area contributed by atoms with Crippen molar-refractivity contribution in [1.29, 1.82) is 0 Å². The van der Waals surface area contributed by atoms with Crippen molar-refractivity contribution in [2.75, 3.05) is 13.1 Å². The van der Waals surface area contributed by atoms with Crippen molar-refractivity contribution in [2.45, 2.75) is 26.0 Å². The van der Waals surface area contributed by atoms with Gasteiger partial charge in [0.1, 0.15) is 6.61 Å². The lowest BCUT2D eigenvalue weighted by Crippen LogP contribution is -2.42. The number of carbonyl (C=O) groups is 2. The Balaban J connectivity index is 1.27. The summed E-state index contributed by atoms with van der Waals surface area (Å²) in [5.74, 6) is 0.301. The van der Waals surface area contributed by atoms with Gasteiger partial charge in [0.15, 0.2) is 0 Å². The van der Waals surface area contributed by atoms with Crippen LogP contribution in [0, 0.1) is 5.92 Å². The van der Waals surface area contributed by atoms with Crippen LogP contribution in [0.1, 0.15) is 34.3 Å². The molecule has 0 aliphatic carbocycles. The number of hydrogen-bond acceptors (Lipinski definition) is 5. The van der Waals surface area contributed by atoms with Crippen LogP contribution in [0.4, 0.5) is 0 Å². The van der Waals surface area contributed by atoms with Crippen LogP contribution in [-0.2, 0) is 17.9 Å². The lowest BCUT2D eigenvalue weighted by atomic mass is 9.95. The molecule has 0 bridgehead atoms. The van der Waals surface area contributed by atoms with Crippen molar-refractivity contribution in [2.24, 2.45) is 5.92 Å². The Morgan fingerprint density at radius 1 is 1.00 bits per heavy atom. The second-order valence-electron chi connectivity index (χ2n) is 7.80. The van der Waals surface area contributed by atoms with Crippen molar-refractivity contribution < 1.29 is 14.3 Å². The molecular formula is C25H26N4O3. The second-order valence-corrected chi connectivity index (χ2v) is 7.80. The summed E-state index contributed by atoms with van der Waals surface area (Å²) in [5, 5.41) is 2.97. The Morgan fingerprint density at radius 2 is 1.78 bits per heavy atom. The van der Waals surface area contributed by atoms with Gasteiger partial charge in [-0.2, -0.15) is 0 Å². The van der Waals surface area contributed by atoms with E-state index in [0.29, 0.717) is 50.5 Å². The molecule has 1 N–H and O–H groups in total. The quantitative estimate of drug-likeness (QED) is 0.622. The number of rotatable bonds is 7. The first kappa shape index (κ1) is 21.5. The highest BCUT2D eigenvalue weighted by Crippen LogP contribution is 2.21. The predicted octanol–water partition coefficient (Wildman–Crippen LogP) is 3.22. The number of nitrogens with one attached hydrogen (secondary N) is 1. The van der Waals surface area contributed by atoms with E-state index in [0.717, 1.165) is 11.1 Å². The molecule has 7 heteroatoms. The highest BCUT2D eigenvalue weighted by Gasteiger charge is 2.28. The van der Waals surface area contributed by atoms with E-state index in [1.807, 2.05) is 42.5 Å². The van der Waals surface area contributed by atoms with E-state index in [-0.39, 0.29) is 17.7 Å². The number of piperidine rings is 1. The van der Waals surface area contributed by atoms with E-state index in [1.165, 1.54) is 0 Å². The van der Waals surface area contributed by atoms with Gasteiger partial charge in [-0.1, -0.05) is 36.4 Å². The third kappa shape index (κ3) is 5.69. The van der Waals surface area contributed by atoms with E-state index in [4.69, 9.17) is 4.74 Å². The summed E-state index contributed by atoms with van der Waals surface area (Å²) < 4.78 is 5.74. The van der Waals surface area contributed by atoms with Gasteiger partial charge in [0.05, 0.1) is 0 Å².